The van der Waals surface area contributed by atoms with Gasteiger partial charge in [-0.3, -0.25) is 4.79 Å². The monoisotopic (exact) mass is 270 g/mol. The summed E-state index contributed by atoms with van der Waals surface area (Å²) in [5.74, 6) is 0.985. The summed E-state index contributed by atoms with van der Waals surface area (Å²) in [7, 11) is 1.65. The van der Waals surface area contributed by atoms with Crippen molar-refractivity contribution in [2.75, 3.05) is 20.3 Å². The molecule has 1 rings (SSSR count). The Morgan fingerprint density at radius 3 is 2.58 bits per heavy atom. The molecule has 0 radical (unpaired) electrons. The molecular weight excluding hydrogens is 240 g/mol. The molecule has 1 atom stereocenters. The molecule has 0 aliphatic heterocycles. The van der Waals surface area contributed by atoms with Gasteiger partial charge in [-0.25, -0.2) is 0 Å². The van der Waals surface area contributed by atoms with Crippen LogP contribution in [0.2, 0.25) is 0 Å². The molecule has 0 spiro atoms. The van der Waals surface area contributed by atoms with Gasteiger partial charge in [0, 0.05) is 19.2 Å². The van der Waals surface area contributed by atoms with Crippen LogP contribution in [0.3, 0.4) is 0 Å². The van der Waals surface area contributed by atoms with Crippen molar-refractivity contribution < 1.29 is 9.53 Å². The Bertz CT molecular complexity index is 251. The normalized spacial score (nSPS) is 25.0. The lowest BCUT2D eigenvalue weighted by molar-refractivity contribution is -0.121. The molecule has 0 heterocycles. The summed E-state index contributed by atoms with van der Waals surface area (Å²) < 4.78 is 5.00. The highest BCUT2D eigenvalue weighted by molar-refractivity contribution is 5.78. The molecule has 1 saturated carbocycles. The van der Waals surface area contributed by atoms with Crippen LogP contribution in [0.25, 0.3) is 0 Å². The van der Waals surface area contributed by atoms with Gasteiger partial charge in [-0.05, 0) is 38.5 Å². The number of carbonyl (C=O) groups is 1. The third-order valence-electron chi connectivity index (χ3n) is 3.92. The zero-order valence-electron chi connectivity index (χ0n) is 12.7. The van der Waals surface area contributed by atoms with Crippen molar-refractivity contribution in [3.63, 3.8) is 0 Å². The summed E-state index contributed by atoms with van der Waals surface area (Å²) in [6.07, 6.45) is 7.71. The van der Waals surface area contributed by atoms with E-state index >= 15 is 0 Å². The molecule has 1 unspecified atom stereocenters. The van der Waals surface area contributed by atoms with E-state index in [1.807, 2.05) is 6.92 Å². The number of amides is 1. The van der Waals surface area contributed by atoms with Gasteiger partial charge in [0.15, 0.2) is 0 Å². The molecule has 4 heteroatoms. The van der Waals surface area contributed by atoms with E-state index in [4.69, 9.17) is 4.74 Å². The smallest absolute Gasteiger partial charge is 0.234 e. The van der Waals surface area contributed by atoms with Gasteiger partial charge in [-0.2, -0.15) is 0 Å². The summed E-state index contributed by atoms with van der Waals surface area (Å²) in [4.78, 5) is 11.7. The minimum absolute atomic E-state index is 0.0697. The Morgan fingerprint density at radius 2 is 2.00 bits per heavy atom. The second-order valence-corrected chi connectivity index (χ2v) is 5.81. The summed E-state index contributed by atoms with van der Waals surface area (Å²) in [6, 6.07) is 0.608. The Labute approximate surface area is 117 Å². The lowest BCUT2D eigenvalue weighted by Crippen LogP contribution is -2.44. The topological polar surface area (TPSA) is 50.4 Å². The molecule has 1 fully saturated rings. The maximum absolute atomic E-state index is 11.7. The number of hydrogen-bond donors (Lipinski definition) is 2. The lowest BCUT2D eigenvalue weighted by atomic mass is 9.83. The summed E-state index contributed by atoms with van der Waals surface area (Å²) in [5.41, 5.74) is 0. The fourth-order valence-corrected chi connectivity index (χ4v) is 2.92. The first-order valence-corrected chi connectivity index (χ1v) is 7.67. The molecule has 0 aromatic rings. The molecule has 112 valence electrons. The standard InChI is InChI=1S/C15H30N2O2/c1-4-5-13-6-8-14(9-7-13)16-10-15(18)17-12(2)11-19-3/h12-14,16H,4-11H2,1-3H3,(H,17,18). The van der Waals surface area contributed by atoms with Crippen molar-refractivity contribution in [2.45, 2.75) is 64.5 Å². The third kappa shape index (κ3) is 6.92. The van der Waals surface area contributed by atoms with Gasteiger partial charge in [-0.1, -0.05) is 19.8 Å². The maximum atomic E-state index is 11.7. The second kappa shape index (κ2) is 9.32. The largest absolute Gasteiger partial charge is 0.383 e. The zero-order chi connectivity index (χ0) is 14.1. The predicted octanol–water partition coefficient (Wildman–Crippen LogP) is 2.09. The highest BCUT2D eigenvalue weighted by Crippen LogP contribution is 2.27. The third-order valence-corrected chi connectivity index (χ3v) is 3.92. The van der Waals surface area contributed by atoms with Gasteiger partial charge in [0.1, 0.15) is 0 Å². The molecule has 0 bridgehead atoms. The van der Waals surface area contributed by atoms with Crippen LogP contribution in [0.15, 0.2) is 0 Å². The van der Waals surface area contributed by atoms with Gasteiger partial charge in [0.2, 0.25) is 5.91 Å². The van der Waals surface area contributed by atoms with E-state index in [1.54, 1.807) is 7.11 Å². The Kier molecular flexibility index (Phi) is 8.07. The molecule has 1 aliphatic carbocycles. The highest BCUT2D eigenvalue weighted by Gasteiger charge is 2.20. The average molecular weight is 270 g/mol. The quantitative estimate of drug-likeness (QED) is 0.710. The minimum Gasteiger partial charge on any atom is -0.383 e. The number of carbonyl (C=O) groups excluding carboxylic acids is 1. The first-order chi connectivity index (χ1) is 9.15. The van der Waals surface area contributed by atoms with Crippen molar-refractivity contribution in [1.29, 1.82) is 0 Å². The van der Waals surface area contributed by atoms with E-state index in [1.165, 1.54) is 38.5 Å². The van der Waals surface area contributed by atoms with E-state index in [-0.39, 0.29) is 11.9 Å². The first-order valence-electron chi connectivity index (χ1n) is 7.67. The van der Waals surface area contributed by atoms with E-state index in [9.17, 15) is 4.79 Å². The van der Waals surface area contributed by atoms with Gasteiger partial charge >= 0.3 is 0 Å². The van der Waals surface area contributed by atoms with Gasteiger partial charge < -0.3 is 15.4 Å². The van der Waals surface area contributed by atoms with Crippen molar-refractivity contribution in [3.05, 3.63) is 0 Å². The van der Waals surface area contributed by atoms with E-state index in [0.717, 1.165) is 5.92 Å². The number of methoxy groups -OCH3 is 1. The molecule has 2 N–H and O–H groups in total. The van der Waals surface area contributed by atoms with Gasteiger partial charge in [0.05, 0.1) is 13.2 Å². The fourth-order valence-electron chi connectivity index (χ4n) is 2.92. The lowest BCUT2D eigenvalue weighted by Gasteiger charge is -2.29. The van der Waals surface area contributed by atoms with Crippen LogP contribution in [0, 0.1) is 5.92 Å². The Morgan fingerprint density at radius 1 is 1.32 bits per heavy atom. The summed E-state index contributed by atoms with van der Waals surface area (Å²) in [6.45, 7) is 5.21. The van der Waals surface area contributed by atoms with Crippen molar-refractivity contribution in [1.82, 2.24) is 10.6 Å². The summed E-state index contributed by atoms with van der Waals surface area (Å²) >= 11 is 0. The first kappa shape index (κ1) is 16.4. The number of nitrogens with one attached hydrogen (secondary N) is 2. The van der Waals surface area contributed by atoms with Crippen LogP contribution in [-0.4, -0.2) is 38.3 Å². The molecule has 0 aromatic heterocycles. The molecular formula is C15H30N2O2. The van der Waals surface area contributed by atoms with Gasteiger partial charge in [0.25, 0.3) is 0 Å². The fraction of sp³-hybridized carbons (Fsp3) is 0.933. The predicted molar refractivity (Wildman–Crippen MR) is 78.1 cm³/mol. The van der Waals surface area contributed by atoms with Gasteiger partial charge in [-0.15, -0.1) is 0 Å². The molecule has 19 heavy (non-hydrogen) atoms. The highest BCUT2D eigenvalue weighted by atomic mass is 16.5. The van der Waals surface area contributed by atoms with E-state index < -0.39 is 0 Å². The number of hydrogen-bond acceptors (Lipinski definition) is 3. The van der Waals surface area contributed by atoms with Crippen LogP contribution in [0.4, 0.5) is 0 Å². The van der Waals surface area contributed by atoms with Crippen molar-refractivity contribution in [2.24, 2.45) is 5.92 Å². The molecule has 0 saturated heterocycles. The van der Waals surface area contributed by atoms with Crippen LogP contribution in [0.5, 0.6) is 0 Å². The Balaban J connectivity index is 2.11. The maximum Gasteiger partial charge on any atom is 0.234 e. The van der Waals surface area contributed by atoms with Crippen LogP contribution in [-0.2, 0) is 9.53 Å². The van der Waals surface area contributed by atoms with Crippen LogP contribution < -0.4 is 10.6 Å². The average Bonchev–Trinajstić information content (AvgIpc) is 2.38. The molecule has 1 aliphatic rings. The molecule has 4 nitrogen and oxygen atoms in total. The van der Waals surface area contributed by atoms with E-state index in [2.05, 4.69) is 17.6 Å². The van der Waals surface area contributed by atoms with Crippen molar-refractivity contribution in [3.8, 4) is 0 Å². The SMILES string of the molecule is CCCC1CCC(NCC(=O)NC(C)COC)CC1. The number of rotatable bonds is 8. The molecule has 0 aromatic carbocycles. The number of ether oxygens (including phenoxy) is 1. The minimum atomic E-state index is 0.0697. The van der Waals surface area contributed by atoms with E-state index in [0.29, 0.717) is 19.2 Å². The summed E-state index contributed by atoms with van der Waals surface area (Å²) in [5, 5.41) is 6.30. The zero-order valence-corrected chi connectivity index (χ0v) is 12.7. The van der Waals surface area contributed by atoms with Crippen LogP contribution >= 0.6 is 0 Å². The Hall–Kier alpha value is -0.610. The second-order valence-electron chi connectivity index (χ2n) is 5.81. The van der Waals surface area contributed by atoms with Crippen molar-refractivity contribution >= 4 is 5.91 Å². The molecule has 1 amide bonds. The van der Waals surface area contributed by atoms with Crippen LogP contribution in [0.1, 0.15) is 52.4 Å².